The molecule has 3 heterocycles. The van der Waals surface area contributed by atoms with Gasteiger partial charge < -0.3 is 0 Å². The summed E-state index contributed by atoms with van der Waals surface area (Å²) in [6.45, 7) is 0.768. The lowest BCUT2D eigenvalue weighted by Crippen LogP contribution is -2.03. The van der Waals surface area contributed by atoms with Gasteiger partial charge in [0, 0.05) is 29.4 Å². The van der Waals surface area contributed by atoms with E-state index in [0.29, 0.717) is 4.77 Å². The number of aromatic amines is 1. The first-order valence-corrected chi connectivity index (χ1v) is 7.64. The number of thiophene rings is 1. The molecule has 0 aliphatic heterocycles. The summed E-state index contributed by atoms with van der Waals surface area (Å²) in [5, 5.41) is 7.15. The number of hydrogen-bond donors (Lipinski definition) is 1. The van der Waals surface area contributed by atoms with Crippen molar-refractivity contribution in [2.24, 2.45) is 0 Å². The first-order chi connectivity index (χ1) is 9.74. The van der Waals surface area contributed by atoms with Crippen molar-refractivity contribution in [3.05, 3.63) is 50.6 Å². The molecule has 0 fully saturated rings. The molecule has 0 unspecified atom stereocenters. The van der Waals surface area contributed by atoms with Crippen LogP contribution < -0.4 is 0 Å². The van der Waals surface area contributed by atoms with Gasteiger partial charge in [0.05, 0.1) is 4.34 Å². The molecule has 0 spiro atoms. The van der Waals surface area contributed by atoms with Crippen LogP contribution in [0.3, 0.4) is 0 Å². The van der Waals surface area contributed by atoms with Gasteiger partial charge in [0.15, 0.2) is 10.6 Å². The average molecular weight is 323 g/mol. The Hall–Kier alpha value is -1.50. The summed E-state index contributed by atoms with van der Waals surface area (Å²) in [6, 6.07) is 7.80. The van der Waals surface area contributed by atoms with Crippen molar-refractivity contribution in [3.63, 3.8) is 0 Å². The van der Waals surface area contributed by atoms with Crippen LogP contribution in [0.5, 0.6) is 0 Å². The Morgan fingerprint density at radius 3 is 2.75 bits per heavy atom. The molecule has 7 heteroatoms. The van der Waals surface area contributed by atoms with E-state index in [2.05, 4.69) is 15.2 Å². The van der Waals surface area contributed by atoms with Crippen LogP contribution in [0.1, 0.15) is 4.88 Å². The summed E-state index contributed by atoms with van der Waals surface area (Å²) in [5.41, 5.74) is 0.997. The summed E-state index contributed by atoms with van der Waals surface area (Å²) >= 11 is 12.8. The molecule has 0 atom stereocenters. The van der Waals surface area contributed by atoms with Crippen molar-refractivity contribution in [3.8, 4) is 11.4 Å². The minimum Gasteiger partial charge on any atom is -0.300 e. The van der Waals surface area contributed by atoms with Gasteiger partial charge in [-0.3, -0.25) is 14.6 Å². The molecule has 0 aliphatic carbocycles. The Labute approximate surface area is 130 Å². The molecule has 102 valence electrons. The summed E-state index contributed by atoms with van der Waals surface area (Å²) < 4.78 is 3.43. The monoisotopic (exact) mass is 322 g/mol. The molecule has 0 saturated heterocycles. The number of H-pyrrole nitrogens is 1. The molecule has 0 aromatic carbocycles. The van der Waals surface area contributed by atoms with Gasteiger partial charge in [-0.05, 0) is 42.9 Å². The molecule has 1 N–H and O–H groups in total. The van der Waals surface area contributed by atoms with Crippen molar-refractivity contribution in [2.45, 2.75) is 13.0 Å². The van der Waals surface area contributed by atoms with Gasteiger partial charge in [-0.1, -0.05) is 11.6 Å². The van der Waals surface area contributed by atoms with Crippen LogP contribution in [-0.4, -0.2) is 19.7 Å². The molecule has 0 radical (unpaired) electrons. The topological polar surface area (TPSA) is 46.5 Å². The Morgan fingerprint density at radius 1 is 1.25 bits per heavy atom. The van der Waals surface area contributed by atoms with Crippen molar-refractivity contribution >= 4 is 35.2 Å². The van der Waals surface area contributed by atoms with Crippen LogP contribution in [-0.2, 0) is 13.0 Å². The predicted octanol–water partition coefficient (Wildman–Crippen LogP) is 3.96. The molecular formula is C13H11ClN4S2. The molecule has 0 bridgehead atoms. The minimum absolute atomic E-state index is 0.625. The number of nitrogens with zero attached hydrogens (tertiary/aromatic N) is 3. The van der Waals surface area contributed by atoms with Crippen LogP contribution in [0.15, 0.2) is 36.7 Å². The summed E-state index contributed by atoms with van der Waals surface area (Å²) in [4.78, 5) is 5.25. The number of hydrogen-bond acceptors (Lipinski definition) is 4. The van der Waals surface area contributed by atoms with E-state index in [-0.39, 0.29) is 0 Å². The van der Waals surface area contributed by atoms with Crippen molar-refractivity contribution < 1.29 is 0 Å². The average Bonchev–Trinajstić information content (AvgIpc) is 3.04. The third-order valence-electron chi connectivity index (χ3n) is 2.91. The van der Waals surface area contributed by atoms with Gasteiger partial charge >= 0.3 is 0 Å². The molecule has 20 heavy (non-hydrogen) atoms. The van der Waals surface area contributed by atoms with E-state index in [1.165, 1.54) is 4.88 Å². The predicted molar refractivity (Wildman–Crippen MR) is 83.7 cm³/mol. The van der Waals surface area contributed by atoms with Gasteiger partial charge in [0.1, 0.15) is 0 Å². The molecule has 0 aliphatic rings. The zero-order valence-electron chi connectivity index (χ0n) is 10.4. The van der Waals surface area contributed by atoms with Gasteiger partial charge in [0.25, 0.3) is 0 Å². The van der Waals surface area contributed by atoms with E-state index in [0.717, 1.165) is 28.7 Å². The molecule has 3 rings (SSSR count). The Balaban J connectivity index is 1.86. The lowest BCUT2D eigenvalue weighted by Gasteiger charge is -2.05. The maximum atomic E-state index is 5.95. The largest absolute Gasteiger partial charge is 0.300 e. The molecule has 3 aromatic rings. The first-order valence-electron chi connectivity index (χ1n) is 6.04. The smallest absolute Gasteiger partial charge is 0.195 e. The van der Waals surface area contributed by atoms with Crippen molar-refractivity contribution in [2.75, 3.05) is 0 Å². The lowest BCUT2D eigenvalue weighted by molar-refractivity contribution is 0.697. The van der Waals surface area contributed by atoms with E-state index in [1.807, 2.05) is 28.8 Å². The van der Waals surface area contributed by atoms with E-state index in [9.17, 15) is 0 Å². The number of aromatic nitrogens is 4. The molecule has 0 amide bonds. The zero-order chi connectivity index (χ0) is 13.9. The third kappa shape index (κ3) is 2.82. The molecule has 0 saturated carbocycles. The molecule has 3 aromatic heterocycles. The SMILES string of the molecule is S=c1[nH]nc(-c2ccncc2)n1CCc1ccc(Cl)s1. The molecular weight excluding hydrogens is 312 g/mol. The Morgan fingerprint density at radius 2 is 2.05 bits per heavy atom. The van der Waals surface area contributed by atoms with Crippen molar-refractivity contribution in [1.29, 1.82) is 0 Å². The highest BCUT2D eigenvalue weighted by atomic mass is 35.5. The van der Waals surface area contributed by atoms with Gasteiger partial charge in [0.2, 0.25) is 0 Å². The second-order valence-electron chi connectivity index (χ2n) is 4.20. The lowest BCUT2D eigenvalue weighted by atomic mass is 10.2. The number of nitrogens with one attached hydrogen (secondary N) is 1. The second-order valence-corrected chi connectivity index (χ2v) is 6.38. The van der Waals surface area contributed by atoms with Gasteiger partial charge in [-0.2, -0.15) is 5.10 Å². The maximum Gasteiger partial charge on any atom is 0.195 e. The highest BCUT2D eigenvalue weighted by Gasteiger charge is 2.09. The first kappa shape index (κ1) is 13.5. The quantitative estimate of drug-likeness (QED) is 0.739. The van der Waals surface area contributed by atoms with Crippen LogP contribution in [0.4, 0.5) is 0 Å². The number of halogens is 1. The summed E-state index contributed by atoms with van der Waals surface area (Å²) in [7, 11) is 0. The Bertz CT molecular complexity index is 760. The van der Waals surface area contributed by atoms with Crippen LogP contribution in [0.2, 0.25) is 4.34 Å². The summed E-state index contributed by atoms with van der Waals surface area (Å²) in [6.07, 6.45) is 4.37. The summed E-state index contributed by atoms with van der Waals surface area (Å²) in [5.74, 6) is 0.833. The minimum atomic E-state index is 0.625. The normalized spacial score (nSPS) is 10.8. The van der Waals surface area contributed by atoms with Crippen molar-refractivity contribution in [1.82, 2.24) is 19.7 Å². The number of pyridine rings is 1. The maximum absolute atomic E-state index is 5.95. The fourth-order valence-corrected chi connectivity index (χ4v) is 3.25. The number of rotatable bonds is 4. The van der Waals surface area contributed by atoms with Crippen LogP contribution in [0, 0.1) is 4.77 Å². The van der Waals surface area contributed by atoms with Gasteiger partial charge in [-0.15, -0.1) is 11.3 Å². The standard InChI is InChI=1S/C13H11ClN4S2/c14-11-2-1-10(20-11)5-8-18-12(16-17-13(18)19)9-3-6-15-7-4-9/h1-4,6-7H,5,8H2,(H,17,19). The number of aryl methyl sites for hydroxylation is 1. The van der Waals surface area contributed by atoms with Crippen LogP contribution >= 0.6 is 35.2 Å². The van der Waals surface area contributed by atoms with E-state index >= 15 is 0 Å². The Kier molecular flexibility index (Phi) is 3.95. The van der Waals surface area contributed by atoms with Crippen LogP contribution in [0.25, 0.3) is 11.4 Å². The van der Waals surface area contributed by atoms with E-state index in [1.54, 1.807) is 23.7 Å². The van der Waals surface area contributed by atoms with Gasteiger partial charge in [-0.25, -0.2) is 0 Å². The van der Waals surface area contributed by atoms with E-state index in [4.69, 9.17) is 23.8 Å². The highest BCUT2D eigenvalue weighted by Crippen LogP contribution is 2.23. The fourth-order valence-electron chi connectivity index (χ4n) is 1.95. The molecule has 4 nitrogen and oxygen atoms in total. The highest BCUT2D eigenvalue weighted by molar-refractivity contribution is 7.71. The fraction of sp³-hybridized carbons (Fsp3) is 0.154. The van der Waals surface area contributed by atoms with E-state index < -0.39 is 0 Å². The second kappa shape index (κ2) is 5.87. The third-order valence-corrected chi connectivity index (χ3v) is 4.51. The zero-order valence-corrected chi connectivity index (χ0v) is 12.8.